The molecule has 0 bridgehead atoms. The summed E-state index contributed by atoms with van der Waals surface area (Å²) < 4.78 is 12.8. The first kappa shape index (κ1) is 17.2. The summed E-state index contributed by atoms with van der Waals surface area (Å²) in [5.74, 6) is -0.209. The van der Waals surface area contributed by atoms with Crippen LogP contribution in [0.3, 0.4) is 0 Å². The number of quaternary nitrogens is 1. The van der Waals surface area contributed by atoms with Crippen molar-refractivity contribution in [2.75, 3.05) is 19.6 Å². The summed E-state index contributed by atoms with van der Waals surface area (Å²) in [6.45, 7) is 6.42. The van der Waals surface area contributed by atoms with Gasteiger partial charge in [0.25, 0.3) is 0 Å². The molecule has 122 valence electrons. The Balaban J connectivity index is 1.56. The second kappa shape index (κ2) is 9.06. The largest absolute Gasteiger partial charge is 0.363 e. The van der Waals surface area contributed by atoms with E-state index in [2.05, 4.69) is 17.6 Å². The minimum absolute atomic E-state index is 0.209. The third kappa shape index (κ3) is 5.89. The molecule has 2 rings (SSSR count). The molecule has 3 nitrogen and oxygen atoms in total. The van der Waals surface area contributed by atoms with Crippen molar-refractivity contribution < 1.29 is 9.29 Å². The van der Waals surface area contributed by atoms with Crippen molar-refractivity contribution in [3.63, 3.8) is 0 Å². The van der Waals surface area contributed by atoms with E-state index in [4.69, 9.17) is 12.2 Å². The van der Waals surface area contributed by atoms with Crippen LogP contribution in [0.4, 0.5) is 4.39 Å². The van der Waals surface area contributed by atoms with Gasteiger partial charge in [-0.05, 0) is 56.1 Å². The third-order valence-corrected chi connectivity index (χ3v) is 4.70. The van der Waals surface area contributed by atoms with Crippen LogP contribution >= 0.6 is 12.2 Å². The number of halogens is 1. The second-order valence-corrected chi connectivity index (χ2v) is 6.55. The van der Waals surface area contributed by atoms with Gasteiger partial charge < -0.3 is 15.5 Å². The zero-order chi connectivity index (χ0) is 15.8. The summed E-state index contributed by atoms with van der Waals surface area (Å²) >= 11 is 5.27. The second-order valence-electron chi connectivity index (χ2n) is 6.14. The van der Waals surface area contributed by atoms with Gasteiger partial charge in [-0.1, -0.05) is 12.1 Å². The van der Waals surface area contributed by atoms with Crippen LogP contribution in [0, 0.1) is 5.82 Å². The number of nitrogens with one attached hydrogen (secondary N) is 3. The van der Waals surface area contributed by atoms with Crippen molar-refractivity contribution in [3.8, 4) is 0 Å². The molecule has 1 aromatic rings. The Morgan fingerprint density at radius 1 is 1.27 bits per heavy atom. The first-order chi connectivity index (χ1) is 10.6. The van der Waals surface area contributed by atoms with E-state index in [-0.39, 0.29) is 5.82 Å². The molecule has 1 heterocycles. The van der Waals surface area contributed by atoms with Gasteiger partial charge in [0.15, 0.2) is 5.11 Å². The summed E-state index contributed by atoms with van der Waals surface area (Å²) in [5.41, 5.74) is 1.03. The van der Waals surface area contributed by atoms with Crippen LogP contribution < -0.4 is 15.5 Å². The van der Waals surface area contributed by atoms with Gasteiger partial charge in [-0.25, -0.2) is 4.39 Å². The minimum Gasteiger partial charge on any atom is -0.363 e. The molecular formula is C17H27FN3S+. The Labute approximate surface area is 138 Å². The lowest BCUT2D eigenvalue weighted by Crippen LogP contribution is -3.16. The van der Waals surface area contributed by atoms with Crippen LogP contribution in [-0.2, 0) is 6.54 Å². The number of hydrogen-bond donors (Lipinski definition) is 3. The summed E-state index contributed by atoms with van der Waals surface area (Å²) in [5, 5.41) is 7.08. The number of benzene rings is 1. The number of piperidine rings is 1. The molecule has 3 N–H and O–H groups in total. The van der Waals surface area contributed by atoms with E-state index in [0.29, 0.717) is 11.7 Å². The van der Waals surface area contributed by atoms with Crippen molar-refractivity contribution in [2.24, 2.45) is 0 Å². The van der Waals surface area contributed by atoms with E-state index < -0.39 is 0 Å². The summed E-state index contributed by atoms with van der Waals surface area (Å²) in [6, 6.07) is 7.28. The number of rotatable bonds is 6. The van der Waals surface area contributed by atoms with Crippen LogP contribution in [0.15, 0.2) is 24.3 Å². The highest BCUT2D eigenvalue weighted by Gasteiger charge is 2.20. The van der Waals surface area contributed by atoms with Gasteiger partial charge in [0.05, 0.1) is 19.1 Å². The molecule has 0 aromatic heterocycles. The van der Waals surface area contributed by atoms with Gasteiger partial charge in [0, 0.05) is 19.5 Å². The molecule has 1 aliphatic rings. The van der Waals surface area contributed by atoms with Gasteiger partial charge in [-0.15, -0.1) is 0 Å². The zero-order valence-corrected chi connectivity index (χ0v) is 14.1. The Kier molecular flexibility index (Phi) is 7.06. The molecule has 0 spiro atoms. The van der Waals surface area contributed by atoms with E-state index in [1.807, 2.05) is 0 Å². The van der Waals surface area contributed by atoms with Crippen molar-refractivity contribution >= 4 is 17.3 Å². The number of likely N-dealkylation sites (tertiary alicyclic amines) is 1. The summed E-state index contributed by atoms with van der Waals surface area (Å²) in [6.07, 6.45) is 5.25. The molecule has 1 aliphatic heterocycles. The minimum atomic E-state index is -0.209. The molecule has 1 fully saturated rings. The summed E-state index contributed by atoms with van der Waals surface area (Å²) in [7, 11) is 0. The van der Waals surface area contributed by atoms with Crippen molar-refractivity contribution in [1.82, 2.24) is 10.6 Å². The number of thiocarbonyl (C=S) groups is 1. The average molecular weight is 324 g/mol. The standard InChI is InChI=1S/C17H26FN3S/c1-14-5-2-3-11-21(14)12-4-10-19-17(22)20-13-15-6-8-16(18)9-7-15/h6-9,14H,2-5,10-13H2,1H3,(H2,19,20,22)/p+1/t14-/m0/s1. The molecule has 2 atom stereocenters. The van der Waals surface area contributed by atoms with Crippen LogP contribution in [0.5, 0.6) is 0 Å². The van der Waals surface area contributed by atoms with E-state index in [0.717, 1.165) is 24.6 Å². The van der Waals surface area contributed by atoms with Gasteiger partial charge in [0.2, 0.25) is 0 Å². The molecule has 1 aromatic carbocycles. The lowest BCUT2D eigenvalue weighted by atomic mass is 10.0. The first-order valence-electron chi connectivity index (χ1n) is 8.26. The van der Waals surface area contributed by atoms with Crippen LogP contribution in [0.25, 0.3) is 0 Å². The topological polar surface area (TPSA) is 28.5 Å². The molecule has 0 radical (unpaired) electrons. The fourth-order valence-electron chi connectivity index (χ4n) is 2.99. The van der Waals surface area contributed by atoms with Crippen molar-refractivity contribution in [3.05, 3.63) is 35.6 Å². The third-order valence-electron chi connectivity index (χ3n) is 4.41. The quantitative estimate of drug-likeness (QED) is 0.549. The molecular weight excluding hydrogens is 297 g/mol. The Bertz CT molecular complexity index is 463. The van der Waals surface area contributed by atoms with E-state index in [9.17, 15) is 4.39 Å². The maximum atomic E-state index is 12.8. The Hall–Kier alpha value is -1.20. The zero-order valence-electron chi connectivity index (χ0n) is 13.3. The van der Waals surface area contributed by atoms with Crippen molar-refractivity contribution in [1.29, 1.82) is 0 Å². The normalized spacial score (nSPS) is 21.4. The molecule has 5 heteroatoms. The predicted octanol–water partition coefficient (Wildman–Crippen LogP) is 1.64. The van der Waals surface area contributed by atoms with Gasteiger partial charge >= 0.3 is 0 Å². The molecule has 22 heavy (non-hydrogen) atoms. The molecule has 1 unspecified atom stereocenters. The molecule has 0 saturated carbocycles. The Morgan fingerprint density at radius 2 is 2.05 bits per heavy atom. The van der Waals surface area contributed by atoms with Crippen LogP contribution in [-0.4, -0.2) is 30.8 Å². The molecule has 0 amide bonds. The fourth-order valence-corrected chi connectivity index (χ4v) is 3.16. The highest BCUT2D eigenvalue weighted by molar-refractivity contribution is 7.80. The summed E-state index contributed by atoms with van der Waals surface area (Å²) in [4.78, 5) is 1.73. The SMILES string of the molecule is C[C@H]1CCCC[NH+]1CCCNC(=S)NCc1ccc(F)cc1. The van der Waals surface area contributed by atoms with Crippen molar-refractivity contribution in [2.45, 2.75) is 45.2 Å². The lowest BCUT2D eigenvalue weighted by molar-refractivity contribution is -0.928. The molecule has 0 aliphatic carbocycles. The lowest BCUT2D eigenvalue weighted by Gasteiger charge is -2.30. The monoisotopic (exact) mass is 324 g/mol. The maximum Gasteiger partial charge on any atom is 0.166 e. The Morgan fingerprint density at radius 3 is 2.77 bits per heavy atom. The van der Waals surface area contributed by atoms with E-state index in [1.165, 1.54) is 44.5 Å². The predicted molar refractivity (Wildman–Crippen MR) is 92.5 cm³/mol. The number of hydrogen-bond acceptors (Lipinski definition) is 1. The highest BCUT2D eigenvalue weighted by Crippen LogP contribution is 2.02. The fraction of sp³-hybridized carbons (Fsp3) is 0.588. The van der Waals surface area contributed by atoms with Crippen LogP contribution in [0.2, 0.25) is 0 Å². The van der Waals surface area contributed by atoms with Gasteiger partial charge in [-0.3, -0.25) is 0 Å². The highest BCUT2D eigenvalue weighted by atomic mass is 32.1. The van der Waals surface area contributed by atoms with Gasteiger partial charge in [0.1, 0.15) is 5.82 Å². The maximum absolute atomic E-state index is 12.8. The van der Waals surface area contributed by atoms with E-state index >= 15 is 0 Å². The van der Waals surface area contributed by atoms with Gasteiger partial charge in [-0.2, -0.15) is 0 Å². The molecule has 1 saturated heterocycles. The average Bonchev–Trinajstić information content (AvgIpc) is 2.52. The van der Waals surface area contributed by atoms with E-state index in [1.54, 1.807) is 17.0 Å². The smallest absolute Gasteiger partial charge is 0.166 e. The van der Waals surface area contributed by atoms with Crippen LogP contribution in [0.1, 0.15) is 38.2 Å². The first-order valence-corrected chi connectivity index (χ1v) is 8.66.